The van der Waals surface area contributed by atoms with Crippen LogP contribution < -0.4 is 14.8 Å². The topological polar surface area (TPSA) is 46.1 Å². The van der Waals surface area contributed by atoms with Crippen LogP contribution in [0.5, 0.6) is 11.5 Å². The van der Waals surface area contributed by atoms with Gasteiger partial charge in [-0.25, -0.2) is 4.99 Å². The number of nitrogens with one attached hydrogen (secondary N) is 1. The van der Waals surface area contributed by atoms with Crippen LogP contribution in [0, 0.1) is 12.3 Å². The highest BCUT2D eigenvalue weighted by Crippen LogP contribution is 2.25. The fraction of sp³-hybridized carbons (Fsp3) is 0.438. The van der Waals surface area contributed by atoms with Crippen LogP contribution in [-0.2, 0) is 6.54 Å². The summed E-state index contributed by atoms with van der Waals surface area (Å²) in [6, 6.07) is 5.77. The summed E-state index contributed by atoms with van der Waals surface area (Å²) in [7, 11) is 5.24. The second-order valence-electron chi connectivity index (χ2n) is 4.41. The Kier molecular flexibility index (Phi) is 6.96. The highest BCUT2D eigenvalue weighted by molar-refractivity contribution is 5.79. The van der Waals surface area contributed by atoms with Gasteiger partial charge in [0, 0.05) is 31.8 Å². The van der Waals surface area contributed by atoms with Gasteiger partial charge in [0.05, 0.1) is 14.2 Å². The Morgan fingerprint density at radius 3 is 2.71 bits per heavy atom. The molecular formula is C16H23N3O2. The number of benzene rings is 1. The number of guanidine groups is 1. The zero-order valence-electron chi connectivity index (χ0n) is 13.1. The Balaban J connectivity index is 2.90. The number of ether oxygens (including phenoxy) is 2. The largest absolute Gasteiger partial charge is 0.497 e. The van der Waals surface area contributed by atoms with Gasteiger partial charge in [-0.1, -0.05) is 5.92 Å². The van der Waals surface area contributed by atoms with E-state index in [-0.39, 0.29) is 0 Å². The molecule has 0 saturated heterocycles. The molecule has 0 aliphatic carbocycles. The second-order valence-corrected chi connectivity index (χ2v) is 4.41. The molecule has 21 heavy (non-hydrogen) atoms. The first-order valence-corrected chi connectivity index (χ1v) is 6.80. The standard InChI is InChI=1S/C16H23N3O2/c1-6-10-18-16(17-7-2)19(3)12-13-8-9-14(20-4)11-15(13)21-5/h1,8-9,11H,7,10,12H2,2-5H3,(H,17,18). The van der Waals surface area contributed by atoms with Gasteiger partial charge < -0.3 is 19.7 Å². The van der Waals surface area contributed by atoms with Gasteiger partial charge in [0.25, 0.3) is 0 Å². The van der Waals surface area contributed by atoms with E-state index in [4.69, 9.17) is 15.9 Å². The maximum absolute atomic E-state index is 5.41. The lowest BCUT2D eigenvalue weighted by atomic mass is 10.2. The van der Waals surface area contributed by atoms with Gasteiger partial charge in [0.2, 0.25) is 0 Å². The van der Waals surface area contributed by atoms with Crippen LogP contribution in [0.25, 0.3) is 0 Å². The molecule has 1 aromatic carbocycles. The molecule has 0 fully saturated rings. The molecule has 0 atom stereocenters. The van der Waals surface area contributed by atoms with E-state index in [1.807, 2.05) is 37.1 Å². The fourth-order valence-corrected chi connectivity index (χ4v) is 1.90. The van der Waals surface area contributed by atoms with Crippen molar-refractivity contribution in [1.82, 2.24) is 10.2 Å². The number of nitrogens with zero attached hydrogens (tertiary/aromatic N) is 2. The first-order chi connectivity index (χ1) is 10.2. The molecule has 0 amide bonds. The monoisotopic (exact) mass is 289 g/mol. The minimum Gasteiger partial charge on any atom is -0.497 e. The molecule has 0 aliphatic heterocycles. The number of hydrogen-bond donors (Lipinski definition) is 1. The summed E-state index contributed by atoms with van der Waals surface area (Å²) in [4.78, 5) is 6.35. The van der Waals surface area contributed by atoms with Crippen LogP contribution >= 0.6 is 0 Å². The normalized spacial score (nSPS) is 10.7. The third kappa shape index (κ3) is 4.92. The first-order valence-electron chi connectivity index (χ1n) is 6.80. The molecule has 5 heteroatoms. The summed E-state index contributed by atoms with van der Waals surface area (Å²) in [5.41, 5.74) is 1.05. The van der Waals surface area contributed by atoms with E-state index < -0.39 is 0 Å². The van der Waals surface area contributed by atoms with E-state index >= 15 is 0 Å². The van der Waals surface area contributed by atoms with E-state index in [2.05, 4.69) is 16.2 Å². The third-order valence-electron chi connectivity index (χ3n) is 2.92. The second kappa shape index (κ2) is 8.75. The maximum atomic E-state index is 5.41. The highest BCUT2D eigenvalue weighted by atomic mass is 16.5. The van der Waals surface area contributed by atoms with Crippen molar-refractivity contribution >= 4 is 5.96 Å². The summed E-state index contributed by atoms with van der Waals surface area (Å²) >= 11 is 0. The fourth-order valence-electron chi connectivity index (χ4n) is 1.90. The molecule has 1 aromatic rings. The van der Waals surface area contributed by atoms with Gasteiger partial charge in [0.15, 0.2) is 5.96 Å². The molecule has 1 N–H and O–H groups in total. The van der Waals surface area contributed by atoms with Crippen molar-refractivity contribution in [3.63, 3.8) is 0 Å². The number of rotatable bonds is 6. The Hall–Kier alpha value is -2.35. The predicted molar refractivity (Wildman–Crippen MR) is 85.8 cm³/mol. The molecule has 0 aliphatic rings. The molecule has 0 heterocycles. The van der Waals surface area contributed by atoms with E-state index in [0.29, 0.717) is 13.1 Å². The molecule has 5 nitrogen and oxygen atoms in total. The van der Waals surface area contributed by atoms with Crippen LogP contribution in [-0.4, -0.2) is 45.2 Å². The zero-order chi connectivity index (χ0) is 15.7. The molecule has 0 aromatic heterocycles. The number of aliphatic imine (C=N–C) groups is 1. The van der Waals surface area contributed by atoms with Gasteiger partial charge in [0.1, 0.15) is 18.0 Å². The van der Waals surface area contributed by atoms with Crippen molar-refractivity contribution in [2.45, 2.75) is 13.5 Å². The lowest BCUT2D eigenvalue weighted by molar-refractivity contribution is 0.382. The van der Waals surface area contributed by atoms with E-state index in [1.165, 1.54) is 0 Å². The summed E-state index contributed by atoms with van der Waals surface area (Å²) in [5, 5.41) is 3.21. The van der Waals surface area contributed by atoms with E-state index in [1.54, 1.807) is 14.2 Å². The van der Waals surface area contributed by atoms with Gasteiger partial charge in [-0.05, 0) is 19.1 Å². The number of methoxy groups -OCH3 is 2. The Morgan fingerprint density at radius 1 is 1.38 bits per heavy atom. The third-order valence-corrected chi connectivity index (χ3v) is 2.92. The lowest BCUT2D eigenvalue weighted by Gasteiger charge is -2.23. The van der Waals surface area contributed by atoms with Crippen molar-refractivity contribution in [2.24, 2.45) is 4.99 Å². The maximum Gasteiger partial charge on any atom is 0.194 e. The summed E-state index contributed by atoms with van der Waals surface area (Å²) in [5.74, 6) is 4.84. The number of hydrogen-bond acceptors (Lipinski definition) is 3. The van der Waals surface area contributed by atoms with Crippen LogP contribution in [0.1, 0.15) is 12.5 Å². The van der Waals surface area contributed by atoms with Crippen molar-refractivity contribution < 1.29 is 9.47 Å². The molecule has 114 valence electrons. The molecule has 0 radical (unpaired) electrons. The van der Waals surface area contributed by atoms with Crippen molar-refractivity contribution in [2.75, 3.05) is 34.4 Å². The Labute approximate surface area is 127 Å². The van der Waals surface area contributed by atoms with Gasteiger partial charge in [-0.2, -0.15) is 0 Å². The minimum absolute atomic E-state index is 0.354. The van der Waals surface area contributed by atoms with Crippen LogP contribution in [0.4, 0.5) is 0 Å². The highest BCUT2D eigenvalue weighted by Gasteiger charge is 2.10. The van der Waals surface area contributed by atoms with Gasteiger partial charge >= 0.3 is 0 Å². The lowest BCUT2D eigenvalue weighted by Crippen LogP contribution is -2.38. The quantitative estimate of drug-likeness (QED) is 0.492. The van der Waals surface area contributed by atoms with Crippen LogP contribution in [0.3, 0.4) is 0 Å². The summed E-state index contributed by atoms with van der Waals surface area (Å²) < 4.78 is 10.6. The van der Waals surface area contributed by atoms with Crippen LogP contribution in [0.2, 0.25) is 0 Å². The molecule has 0 spiro atoms. The van der Waals surface area contributed by atoms with Crippen LogP contribution in [0.15, 0.2) is 23.2 Å². The average molecular weight is 289 g/mol. The SMILES string of the molecule is C#CCN=C(NCC)N(C)Cc1ccc(OC)cc1OC. The molecular weight excluding hydrogens is 266 g/mol. The smallest absolute Gasteiger partial charge is 0.194 e. The molecule has 0 unspecified atom stereocenters. The van der Waals surface area contributed by atoms with E-state index in [0.717, 1.165) is 29.6 Å². The van der Waals surface area contributed by atoms with Crippen molar-refractivity contribution in [3.8, 4) is 23.8 Å². The molecule has 0 bridgehead atoms. The minimum atomic E-state index is 0.354. The predicted octanol–water partition coefficient (Wildman–Crippen LogP) is 1.73. The number of terminal acetylenes is 1. The molecule has 0 saturated carbocycles. The van der Waals surface area contributed by atoms with Crippen molar-refractivity contribution in [3.05, 3.63) is 23.8 Å². The van der Waals surface area contributed by atoms with Gasteiger partial charge in [-0.3, -0.25) is 0 Å². The van der Waals surface area contributed by atoms with Crippen molar-refractivity contribution in [1.29, 1.82) is 0 Å². The van der Waals surface area contributed by atoms with E-state index in [9.17, 15) is 0 Å². The van der Waals surface area contributed by atoms with Gasteiger partial charge in [-0.15, -0.1) is 6.42 Å². The summed E-state index contributed by atoms with van der Waals surface area (Å²) in [6.07, 6.45) is 5.27. The summed E-state index contributed by atoms with van der Waals surface area (Å²) in [6.45, 7) is 3.82. The average Bonchev–Trinajstić information content (AvgIpc) is 2.51. The Bertz CT molecular complexity index is 521. The zero-order valence-corrected chi connectivity index (χ0v) is 13.1. The Morgan fingerprint density at radius 2 is 2.14 bits per heavy atom. The molecule has 1 rings (SSSR count). The first kappa shape index (κ1) is 16.7.